The molecule has 2 N–H and O–H groups in total. The lowest BCUT2D eigenvalue weighted by atomic mass is 9.82. The van der Waals surface area contributed by atoms with Gasteiger partial charge in [-0.3, -0.25) is 9.59 Å². The number of ether oxygens (including phenoxy) is 1. The maximum atomic E-state index is 12.6. The van der Waals surface area contributed by atoms with Gasteiger partial charge in [-0.1, -0.05) is 31.9 Å². The van der Waals surface area contributed by atoms with Crippen molar-refractivity contribution in [3.05, 3.63) is 36.4 Å². The summed E-state index contributed by atoms with van der Waals surface area (Å²) in [6.07, 6.45) is 8.03. The number of anilines is 1. The van der Waals surface area contributed by atoms with Crippen molar-refractivity contribution >= 4 is 17.6 Å². The zero-order valence-electron chi connectivity index (χ0n) is 14.5. The zero-order valence-corrected chi connectivity index (χ0v) is 14.5. The molecule has 25 heavy (non-hydrogen) atoms. The highest BCUT2D eigenvalue weighted by molar-refractivity contribution is 5.96. The van der Waals surface area contributed by atoms with Crippen LogP contribution in [0.3, 0.4) is 0 Å². The van der Waals surface area contributed by atoms with Crippen LogP contribution in [-0.4, -0.2) is 23.6 Å². The van der Waals surface area contributed by atoms with Crippen LogP contribution in [0.15, 0.2) is 36.4 Å². The predicted octanol–water partition coefficient (Wildman–Crippen LogP) is 3.72. The van der Waals surface area contributed by atoms with Crippen molar-refractivity contribution in [2.75, 3.05) is 11.9 Å². The number of carboxylic acids is 1. The van der Waals surface area contributed by atoms with E-state index < -0.39 is 17.8 Å². The van der Waals surface area contributed by atoms with Gasteiger partial charge in [-0.2, -0.15) is 0 Å². The second-order valence-corrected chi connectivity index (χ2v) is 6.91. The highest BCUT2D eigenvalue weighted by atomic mass is 16.5. The smallest absolute Gasteiger partial charge is 0.307 e. The summed E-state index contributed by atoms with van der Waals surface area (Å²) >= 11 is 0. The average molecular weight is 343 g/mol. The van der Waals surface area contributed by atoms with Crippen molar-refractivity contribution in [3.63, 3.8) is 0 Å². The Labute approximate surface area is 148 Å². The van der Waals surface area contributed by atoms with E-state index in [1.165, 1.54) is 0 Å². The fourth-order valence-corrected chi connectivity index (χ4v) is 3.92. The minimum absolute atomic E-state index is 0.0165. The molecule has 0 heterocycles. The summed E-state index contributed by atoms with van der Waals surface area (Å²) in [7, 11) is 0. The van der Waals surface area contributed by atoms with Gasteiger partial charge in [0.15, 0.2) is 0 Å². The molecular formula is C20H25NO4. The average Bonchev–Trinajstić information content (AvgIpc) is 3.21. The molecule has 0 aliphatic heterocycles. The first-order valence-corrected chi connectivity index (χ1v) is 9.05. The molecule has 1 aromatic carbocycles. The van der Waals surface area contributed by atoms with Crippen molar-refractivity contribution in [2.24, 2.45) is 23.7 Å². The van der Waals surface area contributed by atoms with Crippen molar-refractivity contribution in [1.29, 1.82) is 0 Å². The monoisotopic (exact) mass is 343 g/mol. The molecule has 2 aliphatic carbocycles. The topological polar surface area (TPSA) is 75.6 Å². The van der Waals surface area contributed by atoms with Crippen molar-refractivity contribution in [2.45, 2.75) is 32.6 Å². The standard InChI is InChI=1S/C20H25NO4/c1-2-3-4-11-25-16-9-7-15(8-10-16)21-19(22)17-13-5-6-14(12-13)18(17)20(23)24/h5-10,13-14,17-18H,2-4,11-12H2,1H3,(H,21,22)(H,23,24)/t13-,14+,17-,18+/m1/s1. The molecular weight excluding hydrogens is 318 g/mol. The van der Waals surface area contributed by atoms with Crippen LogP contribution in [0.2, 0.25) is 0 Å². The first-order chi connectivity index (χ1) is 12.1. The molecule has 2 bridgehead atoms. The number of carbonyl (C=O) groups excluding carboxylic acids is 1. The molecule has 0 saturated heterocycles. The Morgan fingerprint density at radius 1 is 1.12 bits per heavy atom. The first kappa shape index (κ1) is 17.5. The van der Waals surface area contributed by atoms with E-state index in [1.54, 1.807) is 12.1 Å². The molecule has 1 amide bonds. The molecule has 1 saturated carbocycles. The summed E-state index contributed by atoms with van der Waals surface area (Å²) in [5.74, 6) is -1.40. The summed E-state index contributed by atoms with van der Waals surface area (Å²) in [4.78, 5) is 24.1. The molecule has 1 fully saturated rings. The van der Waals surface area contributed by atoms with E-state index in [4.69, 9.17) is 4.74 Å². The van der Waals surface area contributed by atoms with Gasteiger partial charge in [0.1, 0.15) is 5.75 Å². The minimum Gasteiger partial charge on any atom is -0.494 e. The number of benzene rings is 1. The Morgan fingerprint density at radius 2 is 1.80 bits per heavy atom. The lowest BCUT2D eigenvalue weighted by molar-refractivity contribution is -0.146. The molecule has 4 atom stereocenters. The van der Waals surface area contributed by atoms with Gasteiger partial charge in [0.2, 0.25) is 5.91 Å². The van der Waals surface area contributed by atoms with E-state index in [-0.39, 0.29) is 17.7 Å². The lowest BCUT2D eigenvalue weighted by Crippen LogP contribution is -2.36. The van der Waals surface area contributed by atoms with Crippen LogP contribution >= 0.6 is 0 Å². The number of unbranched alkanes of at least 4 members (excludes halogenated alkanes) is 2. The SMILES string of the molecule is CCCCCOc1ccc(NC(=O)[C@H]2[C@@H](C(=O)O)[C@H]3C=C[C@@H]2C3)cc1. The van der Waals surface area contributed by atoms with Crippen LogP contribution in [0.4, 0.5) is 5.69 Å². The molecule has 0 spiro atoms. The molecule has 134 valence electrons. The fraction of sp³-hybridized carbons (Fsp3) is 0.500. The van der Waals surface area contributed by atoms with E-state index in [0.717, 1.165) is 31.4 Å². The molecule has 5 heteroatoms. The zero-order chi connectivity index (χ0) is 17.8. The number of rotatable bonds is 8. The van der Waals surface area contributed by atoms with Crippen LogP contribution in [0, 0.1) is 23.7 Å². The van der Waals surface area contributed by atoms with E-state index in [0.29, 0.717) is 12.3 Å². The third-order valence-corrected chi connectivity index (χ3v) is 5.19. The van der Waals surface area contributed by atoms with Crippen LogP contribution in [0.25, 0.3) is 0 Å². The number of hydrogen-bond acceptors (Lipinski definition) is 3. The maximum Gasteiger partial charge on any atom is 0.307 e. The van der Waals surface area contributed by atoms with Crippen LogP contribution in [0.5, 0.6) is 5.75 Å². The number of fused-ring (bicyclic) bond motifs is 2. The molecule has 1 aromatic rings. The summed E-state index contributed by atoms with van der Waals surface area (Å²) in [5, 5.41) is 12.3. The van der Waals surface area contributed by atoms with E-state index >= 15 is 0 Å². The number of hydrogen-bond donors (Lipinski definition) is 2. The maximum absolute atomic E-state index is 12.6. The van der Waals surface area contributed by atoms with Gasteiger partial charge >= 0.3 is 5.97 Å². The van der Waals surface area contributed by atoms with Crippen LogP contribution < -0.4 is 10.1 Å². The molecule has 3 rings (SSSR count). The van der Waals surface area contributed by atoms with Gasteiger partial charge in [0.25, 0.3) is 0 Å². The quantitative estimate of drug-likeness (QED) is 0.557. The summed E-state index contributed by atoms with van der Waals surface area (Å²) in [6.45, 7) is 2.84. The first-order valence-electron chi connectivity index (χ1n) is 9.05. The van der Waals surface area contributed by atoms with Gasteiger partial charge in [-0.15, -0.1) is 0 Å². The summed E-state index contributed by atoms with van der Waals surface area (Å²) < 4.78 is 5.66. The number of allylic oxidation sites excluding steroid dienone is 2. The van der Waals surface area contributed by atoms with Crippen molar-refractivity contribution in [1.82, 2.24) is 0 Å². The van der Waals surface area contributed by atoms with Gasteiger partial charge < -0.3 is 15.2 Å². The Morgan fingerprint density at radius 3 is 2.44 bits per heavy atom. The largest absolute Gasteiger partial charge is 0.494 e. The molecule has 0 unspecified atom stereocenters. The van der Waals surface area contributed by atoms with Gasteiger partial charge in [-0.05, 0) is 48.9 Å². The van der Waals surface area contributed by atoms with Gasteiger partial charge in [0.05, 0.1) is 18.4 Å². The molecule has 0 aromatic heterocycles. The third-order valence-electron chi connectivity index (χ3n) is 5.19. The minimum atomic E-state index is -0.882. The number of amides is 1. The van der Waals surface area contributed by atoms with Crippen molar-refractivity contribution < 1.29 is 19.4 Å². The second-order valence-electron chi connectivity index (χ2n) is 6.91. The Hall–Kier alpha value is -2.30. The number of aliphatic carboxylic acids is 1. The molecule has 0 radical (unpaired) electrons. The number of nitrogens with one attached hydrogen (secondary N) is 1. The van der Waals surface area contributed by atoms with Crippen LogP contribution in [0.1, 0.15) is 32.6 Å². The van der Waals surface area contributed by atoms with Crippen molar-refractivity contribution in [3.8, 4) is 5.75 Å². The number of carboxylic acid groups (broad SMARTS) is 1. The lowest BCUT2D eigenvalue weighted by Gasteiger charge is -2.23. The Bertz CT molecular complexity index is 652. The fourth-order valence-electron chi connectivity index (χ4n) is 3.92. The number of carbonyl (C=O) groups is 2. The van der Waals surface area contributed by atoms with E-state index in [9.17, 15) is 14.7 Å². The van der Waals surface area contributed by atoms with E-state index in [1.807, 2.05) is 24.3 Å². The van der Waals surface area contributed by atoms with Crippen LogP contribution in [-0.2, 0) is 9.59 Å². The third kappa shape index (κ3) is 3.86. The Kier molecular flexibility index (Phi) is 5.41. The second kappa shape index (κ2) is 7.72. The molecule has 2 aliphatic rings. The predicted molar refractivity (Wildman–Crippen MR) is 95.4 cm³/mol. The highest BCUT2D eigenvalue weighted by Crippen LogP contribution is 2.48. The normalized spacial score (nSPS) is 26.6. The summed E-state index contributed by atoms with van der Waals surface area (Å²) in [6, 6.07) is 7.26. The highest BCUT2D eigenvalue weighted by Gasteiger charge is 2.51. The van der Waals surface area contributed by atoms with Gasteiger partial charge in [0, 0.05) is 5.69 Å². The molecule has 5 nitrogen and oxygen atoms in total. The Balaban J connectivity index is 1.58. The van der Waals surface area contributed by atoms with E-state index in [2.05, 4.69) is 12.2 Å². The summed E-state index contributed by atoms with van der Waals surface area (Å²) in [5.41, 5.74) is 0.668. The van der Waals surface area contributed by atoms with Gasteiger partial charge in [-0.25, -0.2) is 0 Å².